The summed E-state index contributed by atoms with van der Waals surface area (Å²) in [6, 6.07) is 0. The molecule has 0 radical (unpaired) electrons. The van der Waals surface area contributed by atoms with E-state index in [2.05, 4.69) is 9.47 Å². The fraction of sp³-hybridized carbons (Fsp3) is 0.692. The maximum absolute atomic E-state index is 11.6. The summed E-state index contributed by atoms with van der Waals surface area (Å²) in [5, 5.41) is 17.9. The minimum absolute atomic E-state index is 0.102. The fourth-order valence-corrected chi connectivity index (χ4v) is 2.57. The van der Waals surface area contributed by atoms with Crippen molar-refractivity contribution in [1.82, 2.24) is 0 Å². The molecule has 1 aliphatic heterocycles. The molecule has 0 aromatic carbocycles. The molecule has 9 nitrogen and oxygen atoms in total. The standard InChI is InChI=1S/C13H18O9/c1-20-13(19)22-12(18)3-8-6-21-5-7(2-10(14)15)9(8)4-11(16)17/h7-9H,2-6H2,1H3,(H,14,15)(H,16,17). The maximum atomic E-state index is 11.6. The Bertz CT molecular complexity index is 445. The Morgan fingerprint density at radius 2 is 1.55 bits per heavy atom. The predicted molar refractivity (Wildman–Crippen MR) is 68.9 cm³/mol. The number of carboxylic acids is 2. The van der Waals surface area contributed by atoms with Gasteiger partial charge >= 0.3 is 24.1 Å². The van der Waals surface area contributed by atoms with Crippen LogP contribution >= 0.6 is 0 Å². The fourth-order valence-electron chi connectivity index (χ4n) is 2.57. The van der Waals surface area contributed by atoms with Gasteiger partial charge in [0.1, 0.15) is 0 Å². The van der Waals surface area contributed by atoms with Crippen molar-refractivity contribution in [1.29, 1.82) is 0 Å². The highest BCUT2D eigenvalue weighted by atomic mass is 16.7. The van der Waals surface area contributed by atoms with Gasteiger partial charge in [-0.25, -0.2) is 4.79 Å². The van der Waals surface area contributed by atoms with Gasteiger partial charge < -0.3 is 24.4 Å². The summed E-state index contributed by atoms with van der Waals surface area (Å²) >= 11 is 0. The van der Waals surface area contributed by atoms with Gasteiger partial charge in [-0.2, -0.15) is 0 Å². The number of hydrogen-bond donors (Lipinski definition) is 2. The van der Waals surface area contributed by atoms with Crippen molar-refractivity contribution in [3.8, 4) is 0 Å². The third kappa shape index (κ3) is 5.68. The Labute approximate surface area is 126 Å². The summed E-state index contributed by atoms with van der Waals surface area (Å²) < 4.78 is 13.8. The van der Waals surface area contributed by atoms with Crippen LogP contribution in [-0.2, 0) is 28.6 Å². The van der Waals surface area contributed by atoms with Crippen molar-refractivity contribution in [3.05, 3.63) is 0 Å². The van der Waals surface area contributed by atoms with Crippen molar-refractivity contribution in [2.24, 2.45) is 17.8 Å². The van der Waals surface area contributed by atoms with E-state index in [9.17, 15) is 19.2 Å². The first-order valence-corrected chi connectivity index (χ1v) is 6.63. The van der Waals surface area contributed by atoms with E-state index in [1.807, 2.05) is 0 Å². The minimum Gasteiger partial charge on any atom is -0.481 e. The lowest BCUT2D eigenvalue weighted by molar-refractivity contribution is -0.150. The van der Waals surface area contributed by atoms with Gasteiger partial charge in [-0.3, -0.25) is 14.4 Å². The molecule has 1 heterocycles. The van der Waals surface area contributed by atoms with Gasteiger partial charge in [-0.1, -0.05) is 0 Å². The van der Waals surface area contributed by atoms with Crippen LogP contribution in [0.3, 0.4) is 0 Å². The molecular formula is C13H18O9. The van der Waals surface area contributed by atoms with Crippen molar-refractivity contribution in [2.75, 3.05) is 20.3 Å². The zero-order chi connectivity index (χ0) is 16.7. The van der Waals surface area contributed by atoms with Crippen LogP contribution in [0.5, 0.6) is 0 Å². The van der Waals surface area contributed by atoms with Crippen LogP contribution in [0.1, 0.15) is 19.3 Å². The number of rotatable bonds is 6. The van der Waals surface area contributed by atoms with Gasteiger partial charge in [0, 0.05) is 6.42 Å². The summed E-state index contributed by atoms with van der Waals surface area (Å²) in [4.78, 5) is 44.3. The molecule has 1 saturated heterocycles. The molecule has 0 amide bonds. The monoisotopic (exact) mass is 318 g/mol. The zero-order valence-corrected chi connectivity index (χ0v) is 12.0. The van der Waals surface area contributed by atoms with E-state index in [1.165, 1.54) is 0 Å². The van der Waals surface area contributed by atoms with Crippen molar-refractivity contribution in [2.45, 2.75) is 19.3 Å². The number of esters is 1. The normalized spacial score (nSPS) is 24.3. The molecule has 3 atom stereocenters. The summed E-state index contributed by atoms with van der Waals surface area (Å²) in [5.41, 5.74) is 0. The molecule has 0 aromatic rings. The first kappa shape index (κ1) is 17.9. The van der Waals surface area contributed by atoms with Gasteiger partial charge in [0.05, 0.1) is 33.2 Å². The molecule has 1 fully saturated rings. The Morgan fingerprint density at radius 1 is 1.00 bits per heavy atom. The average Bonchev–Trinajstić information content (AvgIpc) is 2.41. The largest absolute Gasteiger partial charge is 0.515 e. The van der Waals surface area contributed by atoms with Crippen LogP contribution in [0, 0.1) is 17.8 Å². The molecule has 9 heteroatoms. The summed E-state index contributed by atoms with van der Waals surface area (Å²) in [7, 11) is 1.05. The highest BCUT2D eigenvalue weighted by Gasteiger charge is 2.38. The van der Waals surface area contributed by atoms with Crippen molar-refractivity contribution >= 4 is 24.1 Å². The first-order chi connectivity index (χ1) is 10.3. The van der Waals surface area contributed by atoms with E-state index >= 15 is 0 Å². The van der Waals surface area contributed by atoms with E-state index in [1.54, 1.807) is 0 Å². The number of aliphatic carboxylic acids is 2. The van der Waals surface area contributed by atoms with Crippen LogP contribution in [0.4, 0.5) is 4.79 Å². The molecule has 22 heavy (non-hydrogen) atoms. The molecule has 0 saturated carbocycles. The Hall–Kier alpha value is -2.16. The SMILES string of the molecule is COC(=O)OC(=O)CC1COCC(CC(=O)O)C1CC(=O)O. The van der Waals surface area contributed by atoms with Crippen LogP contribution in [-0.4, -0.2) is 54.6 Å². The number of carbonyl (C=O) groups excluding carboxylic acids is 2. The van der Waals surface area contributed by atoms with Crippen LogP contribution in [0.15, 0.2) is 0 Å². The van der Waals surface area contributed by atoms with Crippen LogP contribution < -0.4 is 0 Å². The third-order valence-corrected chi connectivity index (χ3v) is 3.51. The second-order valence-corrected chi connectivity index (χ2v) is 5.05. The Kier molecular flexibility index (Phi) is 6.77. The maximum Gasteiger partial charge on any atom is 0.515 e. The smallest absolute Gasteiger partial charge is 0.481 e. The molecule has 124 valence electrons. The van der Waals surface area contributed by atoms with E-state index in [0.29, 0.717) is 0 Å². The van der Waals surface area contributed by atoms with Gasteiger partial charge in [0.2, 0.25) is 0 Å². The van der Waals surface area contributed by atoms with Crippen LogP contribution in [0.2, 0.25) is 0 Å². The molecule has 1 rings (SSSR count). The van der Waals surface area contributed by atoms with E-state index in [0.717, 1.165) is 7.11 Å². The molecule has 0 aromatic heterocycles. The van der Waals surface area contributed by atoms with E-state index in [4.69, 9.17) is 14.9 Å². The highest BCUT2D eigenvalue weighted by molar-refractivity contribution is 5.82. The van der Waals surface area contributed by atoms with Crippen LogP contribution in [0.25, 0.3) is 0 Å². The number of hydrogen-bond acceptors (Lipinski definition) is 7. The minimum atomic E-state index is -1.15. The second kappa shape index (κ2) is 8.32. The lowest BCUT2D eigenvalue weighted by Crippen LogP contribution is -2.39. The second-order valence-electron chi connectivity index (χ2n) is 5.05. The molecule has 2 N–H and O–H groups in total. The number of ether oxygens (including phenoxy) is 3. The molecule has 0 aliphatic carbocycles. The van der Waals surface area contributed by atoms with Crippen molar-refractivity contribution < 1.29 is 43.6 Å². The third-order valence-electron chi connectivity index (χ3n) is 3.51. The van der Waals surface area contributed by atoms with Gasteiger partial charge in [-0.15, -0.1) is 0 Å². The molecule has 0 spiro atoms. The van der Waals surface area contributed by atoms with Crippen molar-refractivity contribution in [3.63, 3.8) is 0 Å². The molecule has 0 bridgehead atoms. The lowest BCUT2D eigenvalue weighted by atomic mass is 9.75. The Morgan fingerprint density at radius 3 is 2.05 bits per heavy atom. The number of carbonyl (C=O) groups is 4. The molecule has 3 unspecified atom stereocenters. The van der Waals surface area contributed by atoms with E-state index < -0.39 is 41.8 Å². The lowest BCUT2D eigenvalue weighted by Gasteiger charge is -2.36. The quantitative estimate of drug-likeness (QED) is 0.530. The van der Waals surface area contributed by atoms with Gasteiger partial charge in [0.15, 0.2) is 0 Å². The Balaban J connectivity index is 2.75. The van der Waals surface area contributed by atoms with E-state index in [-0.39, 0.29) is 32.5 Å². The first-order valence-electron chi connectivity index (χ1n) is 6.63. The molecular weight excluding hydrogens is 300 g/mol. The summed E-state index contributed by atoms with van der Waals surface area (Å²) in [6.45, 7) is 0.219. The number of methoxy groups -OCH3 is 1. The topological polar surface area (TPSA) is 136 Å². The highest BCUT2D eigenvalue weighted by Crippen LogP contribution is 2.34. The summed E-state index contributed by atoms with van der Waals surface area (Å²) in [6.07, 6.45) is -1.93. The number of carboxylic acid groups (broad SMARTS) is 2. The molecule has 1 aliphatic rings. The predicted octanol–water partition coefficient (Wildman–Crippen LogP) is 0.514. The zero-order valence-electron chi connectivity index (χ0n) is 12.0. The van der Waals surface area contributed by atoms with Gasteiger partial charge in [0.25, 0.3) is 0 Å². The summed E-state index contributed by atoms with van der Waals surface area (Å²) in [5.74, 6) is -4.63. The average molecular weight is 318 g/mol. The van der Waals surface area contributed by atoms with Gasteiger partial charge in [-0.05, 0) is 17.8 Å².